The van der Waals surface area contributed by atoms with Gasteiger partial charge in [0.2, 0.25) is 5.91 Å². The van der Waals surface area contributed by atoms with Crippen molar-refractivity contribution in [2.75, 3.05) is 10.6 Å². The van der Waals surface area contributed by atoms with Crippen LogP contribution < -0.4 is 5.32 Å². The van der Waals surface area contributed by atoms with Crippen LogP contribution in [0.5, 0.6) is 0 Å². The topological polar surface area (TPSA) is 67.8 Å². The Kier molecular flexibility index (Phi) is 6.66. The fourth-order valence-electron chi connectivity index (χ4n) is 1.51. The van der Waals surface area contributed by atoms with Crippen molar-refractivity contribution in [3.63, 3.8) is 0 Å². The van der Waals surface area contributed by atoms with Crippen molar-refractivity contribution >= 4 is 39.6 Å². The van der Waals surface area contributed by atoms with Crippen LogP contribution in [-0.4, -0.2) is 16.5 Å². The zero-order valence-corrected chi connectivity index (χ0v) is 12.4. The molecule has 0 heterocycles. The van der Waals surface area contributed by atoms with Crippen molar-refractivity contribution in [1.29, 1.82) is 0 Å². The third-order valence-corrected chi connectivity index (χ3v) is 3.21. The van der Waals surface area contributed by atoms with E-state index >= 15 is 0 Å². The maximum atomic E-state index is 11.5. The molecule has 0 aliphatic carbocycles. The summed E-state index contributed by atoms with van der Waals surface area (Å²) in [6.07, 6.45) is 0.427. The minimum atomic E-state index is -0.0339. The molecule has 0 radical (unpaired) electrons. The summed E-state index contributed by atoms with van der Waals surface area (Å²) < 4.78 is 4.37. The minimum Gasteiger partial charge on any atom is -0.326 e. The Morgan fingerprint density at radius 1 is 1.44 bits per heavy atom. The summed E-state index contributed by atoms with van der Waals surface area (Å²) in [7, 11) is 0. The lowest BCUT2D eigenvalue weighted by Gasteiger charge is -2.12. The molecule has 2 N–H and O–H groups in total. The Balaban J connectivity index is 2.83. The lowest BCUT2D eigenvalue weighted by Crippen LogP contribution is -2.13. The molecule has 5 nitrogen and oxygen atoms in total. The molecule has 0 saturated heterocycles. The van der Waals surface area contributed by atoms with Crippen LogP contribution in [0, 0.1) is 13.8 Å². The third kappa shape index (κ3) is 4.58. The Morgan fingerprint density at radius 3 is 2.56 bits per heavy atom. The van der Waals surface area contributed by atoms with E-state index in [2.05, 4.69) is 30.6 Å². The fourth-order valence-corrected chi connectivity index (χ4v) is 2.43. The number of carbonyl (C=O) groups excluding carboxylic acids is 1. The van der Waals surface area contributed by atoms with Gasteiger partial charge in [-0.05, 0) is 37.1 Å². The molecule has 0 aliphatic rings. The molecule has 0 atom stereocenters. The van der Waals surface area contributed by atoms with Crippen LogP contribution in [0.2, 0.25) is 0 Å². The van der Waals surface area contributed by atoms with Crippen LogP contribution in [-0.2, 0) is 14.2 Å². The summed E-state index contributed by atoms with van der Waals surface area (Å²) in [6, 6.07) is 3.67. The number of halogens is 1. The molecule has 7 heteroatoms. The number of amides is 1. The zero-order chi connectivity index (χ0) is 13.5. The number of alkyl halides is 1. The summed E-state index contributed by atoms with van der Waals surface area (Å²) in [5, 5.41) is 15.1. The van der Waals surface area contributed by atoms with Gasteiger partial charge in [0.25, 0.3) is 0 Å². The van der Waals surface area contributed by atoms with E-state index in [9.17, 15) is 4.79 Å². The summed E-state index contributed by atoms with van der Waals surface area (Å²) in [4.78, 5) is 12.3. The first-order valence-corrected chi connectivity index (χ1v) is 7.06. The average Bonchev–Trinajstić information content (AvgIpc) is 2.31. The highest BCUT2D eigenvalue weighted by Gasteiger charge is 2.09. The molecular formula is C11H14BrNO4S. The van der Waals surface area contributed by atoms with Crippen molar-refractivity contribution in [3.05, 3.63) is 23.3 Å². The smallest absolute Gasteiger partial charge is 0.225 e. The number of anilines is 1. The molecule has 0 bridgehead atoms. The van der Waals surface area contributed by atoms with E-state index in [1.807, 2.05) is 26.0 Å². The van der Waals surface area contributed by atoms with Gasteiger partial charge in [0.1, 0.15) is 0 Å². The summed E-state index contributed by atoms with van der Waals surface area (Å²) in [5.41, 5.74) is 2.64. The van der Waals surface area contributed by atoms with Crippen molar-refractivity contribution < 1.29 is 19.4 Å². The van der Waals surface area contributed by atoms with Crippen molar-refractivity contribution in [1.82, 2.24) is 0 Å². The summed E-state index contributed by atoms with van der Waals surface area (Å²) in [5.74, 6) is -0.0339. The van der Waals surface area contributed by atoms with E-state index in [1.54, 1.807) is 0 Å². The number of hydrogen-bond acceptors (Lipinski definition) is 5. The first-order chi connectivity index (χ1) is 8.58. The molecule has 1 aromatic rings. The van der Waals surface area contributed by atoms with Crippen LogP contribution in [0.3, 0.4) is 0 Å². The van der Waals surface area contributed by atoms with Crippen LogP contribution in [0.4, 0.5) is 5.69 Å². The first kappa shape index (κ1) is 15.5. The van der Waals surface area contributed by atoms with Gasteiger partial charge in [-0.25, -0.2) is 5.26 Å². The standard InChI is InChI=1S/C11H14BrNO4S/c1-7-5-9(18-17-16-15)6-8(2)11(7)13-10(14)3-4-12/h5-6,15H,3-4H2,1-2H3,(H,13,14). The lowest BCUT2D eigenvalue weighted by molar-refractivity contribution is -0.432. The van der Waals surface area contributed by atoms with E-state index < -0.39 is 0 Å². The fraction of sp³-hybridized carbons (Fsp3) is 0.364. The molecule has 0 aromatic heterocycles. The average molecular weight is 336 g/mol. The molecule has 0 aliphatic heterocycles. The van der Waals surface area contributed by atoms with Gasteiger partial charge >= 0.3 is 0 Å². The Labute approximate surface area is 118 Å². The molecule has 18 heavy (non-hydrogen) atoms. The van der Waals surface area contributed by atoms with Gasteiger partial charge in [-0.2, -0.15) is 0 Å². The van der Waals surface area contributed by atoms with Gasteiger partial charge in [0, 0.05) is 22.3 Å². The second-order valence-corrected chi connectivity index (χ2v) is 5.21. The summed E-state index contributed by atoms with van der Waals surface area (Å²) >= 11 is 4.12. The molecule has 1 rings (SSSR count). The van der Waals surface area contributed by atoms with Crippen LogP contribution >= 0.6 is 28.0 Å². The third-order valence-electron chi connectivity index (χ3n) is 2.25. The summed E-state index contributed by atoms with van der Waals surface area (Å²) in [6.45, 7) is 3.78. The number of benzene rings is 1. The van der Waals surface area contributed by atoms with Crippen LogP contribution in [0.1, 0.15) is 17.5 Å². The van der Waals surface area contributed by atoms with Gasteiger partial charge < -0.3 is 5.32 Å². The number of nitrogens with one attached hydrogen (secondary N) is 1. The molecule has 1 aromatic carbocycles. The second-order valence-electron chi connectivity index (χ2n) is 3.65. The molecule has 1 amide bonds. The lowest BCUT2D eigenvalue weighted by atomic mass is 10.1. The monoisotopic (exact) mass is 335 g/mol. The van der Waals surface area contributed by atoms with Gasteiger partial charge in [0.05, 0.1) is 12.0 Å². The molecule has 0 spiro atoms. The molecule has 100 valence electrons. The molecule has 0 fully saturated rings. The van der Waals surface area contributed by atoms with Gasteiger partial charge in [0.15, 0.2) is 0 Å². The normalized spacial score (nSPS) is 10.4. The number of hydrogen-bond donors (Lipinski definition) is 2. The van der Waals surface area contributed by atoms with E-state index in [4.69, 9.17) is 5.26 Å². The van der Waals surface area contributed by atoms with E-state index in [-0.39, 0.29) is 5.91 Å². The molecular weight excluding hydrogens is 322 g/mol. The van der Waals surface area contributed by atoms with E-state index in [1.165, 1.54) is 0 Å². The van der Waals surface area contributed by atoms with Crippen LogP contribution in [0.15, 0.2) is 17.0 Å². The van der Waals surface area contributed by atoms with E-state index in [0.717, 1.165) is 33.8 Å². The Morgan fingerprint density at radius 2 is 2.06 bits per heavy atom. The maximum Gasteiger partial charge on any atom is 0.225 e. The van der Waals surface area contributed by atoms with Crippen molar-refractivity contribution in [3.8, 4) is 0 Å². The number of rotatable bonds is 6. The number of aryl methyl sites for hydroxylation is 2. The van der Waals surface area contributed by atoms with Gasteiger partial charge in [-0.3, -0.25) is 4.79 Å². The van der Waals surface area contributed by atoms with Gasteiger partial charge in [-0.15, -0.1) is 4.33 Å². The highest BCUT2D eigenvalue weighted by molar-refractivity contribution is 9.09. The highest BCUT2D eigenvalue weighted by Crippen LogP contribution is 2.28. The van der Waals surface area contributed by atoms with E-state index in [0.29, 0.717) is 11.8 Å². The second kappa shape index (κ2) is 7.75. The number of carbonyl (C=O) groups is 1. The Bertz CT molecular complexity index is 404. The predicted molar refractivity (Wildman–Crippen MR) is 73.6 cm³/mol. The quantitative estimate of drug-likeness (QED) is 0.360. The van der Waals surface area contributed by atoms with Crippen molar-refractivity contribution in [2.24, 2.45) is 0 Å². The zero-order valence-electron chi connectivity index (χ0n) is 10.0. The van der Waals surface area contributed by atoms with Crippen molar-refractivity contribution in [2.45, 2.75) is 25.2 Å². The predicted octanol–water partition coefficient (Wildman–Crippen LogP) is 3.46. The maximum absolute atomic E-state index is 11.5. The Hall–Kier alpha value is -0.600. The SMILES string of the molecule is Cc1cc(SOOO)cc(C)c1NC(=O)CCBr. The molecule has 0 saturated carbocycles. The molecule has 0 unspecified atom stereocenters. The van der Waals surface area contributed by atoms with Gasteiger partial charge in [-0.1, -0.05) is 21.0 Å². The first-order valence-electron chi connectivity index (χ1n) is 5.20. The van der Waals surface area contributed by atoms with Crippen LogP contribution in [0.25, 0.3) is 0 Å². The largest absolute Gasteiger partial charge is 0.326 e. The highest BCUT2D eigenvalue weighted by atomic mass is 79.9. The minimum absolute atomic E-state index is 0.0339.